The van der Waals surface area contributed by atoms with Crippen LogP contribution in [0.1, 0.15) is 25.8 Å². The Morgan fingerprint density at radius 3 is 2.70 bits per heavy atom. The number of piperazine rings is 1. The number of hydrogen-bond donors (Lipinski definition) is 2. The summed E-state index contributed by atoms with van der Waals surface area (Å²) in [6, 6.07) is 6.05. The molecule has 2 N–H and O–H groups in total. The molecule has 0 spiro atoms. The second-order valence-electron chi connectivity index (χ2n) is 6.39. The van der Waals surface area contributed by atoms with E-state index in [0.29, 0.717) is 6.54 Å². The van der Waals surface area contributed by atoms with Gasteiger partial charge >= 0.3 is 0 Å². The third-order valence-electron chi connectivity index (χ3n) is 4.05. The molecule has 4 rings (SSSR count). The fourth-order valence-electron chi connectivity index (χ4n) is 2.80. The van der Waals surface area contributed by atoms with Crippen molar-refractivity contribution in [3.8, 4) is 0 Å². The lowest BCUT2D eigenvalue weighted by Gasteiger charge is -2.28. The van der Waals surface area contributed by atoms with Gasteiger partial charge in [0.25, 0.3) is 0 Å². The molecule has 0 bridgehead atoms. The Bertz CT molecular complexity index is 844. The highest BCUT2D eigenvalue weighted by Crippen LogP contribution is 2.25. The molecule has 0 unspecified atom stereocenters. The molecule has 0 aliphatic carbocycles. The summed E-state index contributed by atoms with van der Waals surface area (Å²) in [6.45, 7) is 8.80. The van der Waals surface area contributed by atoms with Crippen molar-refractivity contribution in [2.75, 3.05) is 36.4 Å². The van der Waals surface area contributed by atoms with Gasteiger partial charge in [-0.3, -0.25) is 4.98 Å². The minimum atomic E-state index is 0.686. The van der Waals surface area contributed by atoms with Crippen LogP contribution in [0.25, 0.3) is 5.65 Å². The van der Waals surface area contributed by atoms with Crippen LogP contribution in [0.3, 0.4) is 0 Å². The predicted octanol–water partition coefficient (Wildman–Crippen LogP) is 3.32. The molecule has 7 nitrogen and oxygen atoms in total. The quantitative estimate of drug-likeness (QED) is 0.659. The van der Waals surface area contributed by atoms with E-state index >= 15 is 0 Å². The van der Waals surface area contributed by atoms with Gasteiger partial charge in [-0.05, 0) is 27.6 Å². The molecule has 144 valence electrons. The van der Waals surface area contributed by atoms with Gasteiger partial charge in [-0.25, -0.2) is 4.98 Å². The number of anilines is 2. The standard InChI is InChI=1S/C16H18BrN7.C3H8/c17-13-11-21-24-14(20-10-12-2-1-3-19-9-12)8-15(22-16(13)24)23-6-4-18-5-7-23;1-3-2/h1-3,8-9,11,18,20H,4-7,10H2;3H2,1-2H3. The highest BCUT2D eigenvalue weighted by Gasteiger charge is 2.16. The van der Waals surface area contributed by atoms with Crippen LogP contribution in [0.15, 0.2) is 41.3 Å². The zero-order valence-corrected chi connectivity index (χ0v) is 17.4. The van der Waals surface area contributed by atoms with E-state index in [-0.39, 0.29) is 0 Å². The van der Waals surface area contributed by atoms with Crippen molar-refractivity contribution in [3.63, 3.8) is 0 Å². The number of pyridine rings is 1. The van der Waals surface area contributed by atoms with Crippen molar-refractivity contribution >= 4 is 33.2 Å². The topological polar surface area (TPSA) is 70.4 Å². The molecule has 3 aromatic rings. The predicted molar refractivity (Wildman–Crippen MR) is 113 cm³/mol. The number of nitrogens with zero attached hydrogens (tertiary/aromatic N) is 5. The van der Waals surface area contributed by atoms with Crippen molar-refractivity contribution in [1.29, 1.82) is 0 Å². The maximum absolute atomic E-state index is 4.77. The molecule has 1 aliphatic rings. The van der Waals surface area contributed by atoms with E-state index in [1.165, 1.54) is 6.42 Å². The first-order chi connectivity index (χ1) is 13.2. The van der Waals surface area contributed by atoms with Crippen LogP contribution >= 0.6 is 15.9 Å². The Labute approximate surface area is 168 Å². The van der Waals surface area contributed by atoms with E-state index in [9.17, 15) is 0 Å². The molecule has 0 atom stereocenters. The lowest BCUT2D eigenvalue weighted by molar-refractivity contribution is 0.585. The van der Waals surface area contributed by atoms with Gasteiger partial charge in [0, 0.05) is 51.2 Å². The molecule has 8 heteroatoms. The van der Waals surface area contributed by atoms with Crippen molar-refractivity contribution in [2.24, 2.45) is 0 Å². The van der Waals surface area contributed by atoms with Crippen molar-refractivity contribution in [2.45, 2.75) is 26.8 Å². The van der Waals surface area contributed by atoms with Gasteiger partial charge in [0.15, 0.2) is 5.65 Å². The van der Waals surface area contributed by atoms with Gasteiger partial charge in [-0.15, -0.1) is 0 Å². The molecular weight excluding hydrogens is 406 g/mol. The maximum Gasteiger partial charge on any atom is 0.173 e. The molecule has 3 aromatic heterocycles. The molecule has 1 fully saturated rings. The molecule has 0 radical (unpaired) electrons. The number of aromatic nitrogens is 4. The van der Waals surface area contributed by atoms with E-state index in [2.05, 4.69) is 67.5 Å². The second-order valence-corrected chi connectivity index (χ2v) is 7.24. The first-order valence-electron chi connectivity index (χ1n) is 9.35. The SMILES string of the molecule is Brc1cnn2c(NCc3cccnc3)cc(N3CCNCC3)nc12.CCC. The van der Waals surface area contributed by atoms with Gasteiger partial charge in [0.2, 0.25) is 0 Å². The summed E-state index contributed by atoms with van der Waals surface area (Å²) in [7, 11) is 0. The summed E-state index contributed by atoms with van der Waals surface area (Å²) in [5.74, 6) is 1.89. The summed E-state index contributed by atoms with van der Waals surface area (Å²) in [5.41, 5.74) is 1.94. The van der Waals surface area contributed by atoms with Gasteiger partial charge in [0.05, 0.1) is 10.7 Å². The van der Waals surface area contributed by atoms with E-state index in [1.807, 2.05) is 16.8 Å². The number of halogens is 1. The molecule has 27 heavy (non-hydrogen) atoms. The number of rotatable bonds is 4. The third-order valence-corrected chi connectivity index (χ3v) is 4.61. The van der Waals surface area contributed by atoms with Gasteiger partial charge in [-0.1, -0.05) is 26.3 Å². The molecule has 0 saturated carbocycles. The van der Waals surface area contributed by atoms with E-state index in [4.69, 9.17) is 4.98 Å². The molecule has 0 amide bonds. The summed E-state index contributed by atoms with van der Waals surface area (Å²) >= 11 is 3.54. The fourth-order valence-corrected chi connectivity index (χ4v) is 3.15. The maximum atomic E-state index is 4.77. The summed E-state index contributed by atoms with van der Waals surface area (Å²) < 4.78 is 2.72. The summed E-state index contributed by atoms with van der Waals surface area (Å²) in [5, 5.41) is 11.2. The van der Waals surface area contributed by atoms with Crippen molar-refractivity contribution < 1.29 is 0 Å². The fraction of sp³-hybridized carbons (Fsp3) is 0.421. The second kappa shape index (κ2) is 9.66. The van der Waals surface area contributed by atoms with Gasteiger partial charge < -0.3 is 15.5 Å². The van der Waals surface area contributed by atoms with Crippen LogP contribution in [0.2, 0.25) is 0 Å². The minimum absolute atomic E-state index is 0.686. The molecule has 0 aromatic carbocycles. The first kappa shape index (κ1) is 19.6. The van der Waals surface area contributed by atoms with Crippen LogP contribution in [0.5, 0.6) is 0 Å². The Morgan fingerprint density at radius 2 is 2.00 bits per heavy atom. The van der Waals surface area contributed by atoms with Gasteiger partial charge in [-0.2, -0.15) is 9.61 Å². The minimum Gasteiger partial charge on any atom is -0.366 e. The first-order valence-corrected chi connectivity index (χ1v) is 10.1. The van der Waals surface area contributed by atoms with Crippen molar-refractivity contribution in [3.05, 3.63) is 46.8 Å². The Hall–Kier alpha value is -2.19. The average molecular weight is 432 g/mol. The average Bonchev–Trinajstić information content (AvgIpc) is 3.09. The monoisotopic (exact) mass is 431 g/mol. The zero-order valence-electron chi connectivity index (χ0n) is 15.8. The Balaban J connectivity index is 0.000000659. The van der Waals surface area contributed by atoms with E-state index in [0.717, 1.165) is 53.5 Å². The zero-order chi connectivity index (χ0) is 19.1. The number of hydrogen-bond acceptors (Lipinski definition) is 6. The van der Waals surface area contributed by atoms with Crippen molar-refractivity contribution in [1.82, 2.24) is 24.9 Å². The molecule has 1 aliphatic heterocycles. The van der Waals surface area contributed by atoms with Gasteiger partial charge in [0.1, 0.15) is 11.6 Å². The Kier molecular flexibility index (Phi) is 7.00. The lowest BCUT2D eigenvalue weighted by atomic mass is 10.3. The number of nitrogens with one attached hydrogen (secondary N) is 2. The van der Waals surface area contributed by atoms with Crippen LogP contribution in [-0.2, 0) is 6.54 Å². The molecule has 4 heterocycles. The largest absolute Gasteiger partial charge is 0.366 e. The molecule has 1 saturated heterocycles. The summed E-state index contributed by atoms with van der Waals surface area (Å²) in [6.07, 6.45) is 6.67. The highest BCUT2D eigenvalue weighted by molar-refractivity contribution is 9.10. The lowest BCUT2D eigenvalue weighted by Crippen LogP contribution is -2.44. The van der Waals surface area contributed by atoms with Crippen LogP contribution in [0.4, 0.5) is 11.6 Å². The third kappa shape index (κ3) is 4.95. The van der Waals surface area contributed by atoms with Crippen LogP contribution < -0.4 is 15.5 Å². The van der Waals surface area contributed by atoms with Crippen LogP contribution in [0, 0.1) is 0 Å². The summed E-state index contributed by atoms with van der Waals surface area (Å²) in [4.78, 5) is 11.2. The normalized spacial score (nSPS) is 14.0. The van der Waals surface area contributed by atoms with E-state index < -0.39 is 0 Å². The smallest absolute Gasteiger partial charge is 0.173 e. The van der Waals surface area contributed by atoms with E-state index in [1.54, 1.807) is 12.4 Å². The highest BCUT2D eigenvalue weighted by atomic mass is 79.9. The molecular formula is C19H26BrN7. The Morgan fingerprint density at radius 1 is 1.22 bits per heavy atom. The van der Waals surface area contributed by atoms with Crippen LogP contribution in [-0.4, -0.2) is 45.8 Å². The number of fused-ring (bicyclic) bond motifs is 1.